The topological polar surface area (TPSA) is 94.8 Å². The molecule has 1 aliphatic rings. The summed E-state index contributed by atoms with van der Waals surface area (Å²) >= 11 is 0. The Balaban J connectivity index is 2.85. The summed E-state index contributed by atoms with van der Waals surface area (Å²) in [5, 5.41) is 28.3. The lowest BCUT2D eigenvalue weighted by Crippen LogP contribution is -2.37. The fourth-order valence-corrected chi connectivity index (χ4v) is 4.10. The van der Waals surface area contributed by atoms with E-state index in [2.05, 4.69) is 13.0 Å². The second-order valence-corrected chi connectivity index (χ2v) is 8.14. The van der Waals surface area contributed by atoms with Gasteiger partial charge in [0.2, 0.25) is 0 Å². The van der Waals surface area contributed by atoms with E-state index in [9.17, 15) is 14.7 Å². The lowest BCUT2D eigenvalue weighted by molar-refractivity contribution is -0.138. The van der Waals surface area contributed by atoms with Crippen molar-refractivity contribution in [1.82, 2.24) is 0 Å². The van der Waals surface area contributed by atoms with Crippen LogP contribution in [-0.2, 0) is 9.59 Å². The predicted molar refractivity (Wildman–Crippen MR) is 92.7 cm³/mol. The molecule has 0 aliphatic heterocycles. The lowest BCUT2D eigenvalue weighted by atomic mass is 9.69. The summed E-state index contributed by atoms with van der Waals surface area (Å²) in [6.45, 7) is 7.74. The first-order valence-corrected chi connectivity index (χ1v) is 8.77. The minimum atomic E-state index is -0.816. The van der Waals surface area contributed by atoms with Gasteiger partial charge >= 0.3 is 11.9 Å². The van der Waals surface area contributed by atoms with Crippen LogP contribution in [0.4, 0.5) is 0 Å². The quantitative estimate of drug-likeness (QED) is 0.554. The average Bonchev–Trinajstić information content (AvgIpc) is 2.78. The van der Waals surface area contributed by atoms with Crippen molar-refractivity contribution in [3.63, 3.8) is 0 Å². The Labute approximate surface area is 144 Å². The molecule has 0 aromatic rings. The summed E-state index contributed by atoms with van der Waals surface area (Å²) < 4.78 is 0. The first-order chi connectivity index (χ1) is 11.0. The van der Waals surface area contributed by atoms with Crippen LogP contribution in [0.1, 0.15) is 72.6 Å². The third kappa shape index (κ3) is 5.93. The molecule has 138 valence electrons. The molecule has 0 aromatic heterocycles. The zero-order chi connectivity index (χ0) is 18.5. The van der Waals surface area contributed by atoms with Crippen LogP contribution >= 0.6 is 0 Å². The first-order valence-electron chi connectivity index (χ1n) is 8.77. The highest BCUT2D eigenvalue weighted by molar-refractivity contribution is 5.67. The minimum absolute atomic E-state index is 0.0510. The summed E-state index contributed by atoms with van der Waals surface area (Å²) in [6, 6.07) is 0. The highest BCUT2D eigenvalue weighted by Gasteiger charge is 2.48. The molecule has 0 heterocycles. The summed E-state index contributed by atoms with van der Waals surface area (Å²) in [4.78, 5) is 21.7. The Morgan fingerprint density at radius 2 is 1.75 bits per heavy atom. The van der Waals surface area contributed by atoms with E-state index in [1.807, 2.05) is 20.8 Å². The van der Waals surface area contributed by atoms with Gasteiger partial charge in [-0.15, -0.1) is 0 Å². The second-order valence-electron chi connectivity index (χ2n) is 8.14. The molecular formula is C19H32O5. The van der Waals surface area contributed by atoms with E-state index < -0.39 is 17.5 Å². The minimum Gasteiger partial charge on any atom is -0.481 e. The van der Waals surface area contributed by atoms with Gasteiger partial charge in [0.15, 0.2) is 0 Å². The molecule has 1 saturated carbocycles. The molecule has 0 aromatic carbocycles. The van der Waals surface area contributed by atoms with Crippen LogP contribution in [0.5, 0.6) is 0 Å². The zero-order valence-corrected chi connectivity index (χ0v) is 15.3. The van der Waals surface area contributed by atoms with Crippen molar-refractivity contribution in [2.45, 2.75) is 78.2 Å². The van der Waals surface area contributed by atoms with E-state index in [0.717, 1.165) is 24.8 Å². The van der Waals surface area contributed by atoms with Gasteiger partial charge in [0.25, 0.3) is 0 Å². The maximum Gasteiger partial charge on any atom is 0.303 e. The molecule has 5 heteroatoms. The molecule has 5 nitrogen and oxygen atoms in total. The number of aliphatic carboxylic acids is 2. The molecule has 0 spiro atoms. The molecule has 0 saturated heterocycles. The van der Waals surface area contributed by atoms with Crippen LogP contribution < -0.4 is 0 Å². The van der Waals surface area contributed by atoms with Crippen LogP contribution in [0, 0.1) is 17.3 Å². The first kappa shape index (κ1) is 20.7. The third-order valence-corrected chi connectivity index (χ3v) is 5.63. The summed E-state index contributed by atoms with van der Waals surface area (Å²) in [7, 11) is 0. The second kappa shape index (κ2) is 8.15. The van der Waals surface area contributed by atoms with Crippen molar-refractivity contribution in [2.24, 2.45) is 17.3 Å². The van der Waals surface area contributed by atoms with Gasteiger partial charge in [0.05, 0.1) is 5.60 Å². The molecule has 3 unspecified atom stereocenters. The Bertz CT molecular complexity index is 488. The van der Waals surface area contributed by atoms with Crippen LogP contribution in [0.3, 0.4) is 0 Å². The van der Waals surface area contributed by atoms with Gasteiger partial charge in [0, 0.05) is 12.8 Å². The van der Waals surface area contributed by atoms with Crippen LogP contribution in [-0.4, -0.2) is 32.9 Å². The standard InChI is InChI=1S/C19H32O5/c1-13(5-7-16(20)21)9-11-19(4)12-10-14(18(2,3)24)15(19)6-8-17(22)23/h9,14-15,24H,5-8,10-12H2,1-4H3,(H,20,21)(H,22,23). The lowest BCUT2D eigenvalue weighted by Gasteiger charge is -2.38. The molecule has 1 rings (SSSR count). The number of hydrogen-bond donors (Lipinski definition) is 3. The smallest absolute Gasteiger partial charge is 0.303 e. The summed E-state index contributed by atoms with van der Waals surface area (Å²) in [6.07, 6.45) is 6.12. The van der Waals surface area contributed by atoms with Gasteiger partial charge in [-0.3, -0.25) is 9.59 Å². The van der Waals surface area contributed by atoms with E-state index in [-0.39, 0.29) is 30.1 Å². The SMILES string of the molecule is CC(=CCC1(C)CCC(C(C)(C)O)C1CCC(=O)O)CCC(=O)O. The number of allylic oxidation sites excluding steroid dienone is 2. The van der Waals surface area contributed by atoms with E-state index in [4.69, 9.17) is 10.2 Å². The number of carboxylic acid groups (broad SMARTS) is 2. The van der Waals surface area contributed by atoms with Crippen molar-refractivity contribution in [2.75, 3.05) is 0 Å². The Kier molecular flexibility index (Phi) is 7.02. The van der Waals surface area contributed by atoms with Gasteiger partial charge in [-0.1, -0.05) is 18.6 Å². The largest absolute Gasteiger partial charge is 0.481 e. The van der Waals surface area contributed by atoms with E-state index >= 15 is 0 Å². The number of carbonyl (C=O) groups is 2. The van der Waals surface area contributed by atoms with Crippen molar-refractivity contribution >= 4 is 11.9 Å². The van der Waals surface area contributed by atoms with Gasteiger partial charge in [0.1, 0.15) is 0 Å². The third-order valence-electron chi connectivity index (χ3n) is 5.63. The molecule has 1 aliphatic carbocycles. The molecular weight excluding hydrogens is 308 g/mol. The van der Waals surface area contributed by atoms with Crippen molar-refractivity contribution in [3.05, 3.63) is 11.6 Å². The maximum absolute atomic E-state index is 11.0. The van der Waals surface area contributed by atoms with Gasteiger partial charge in [-0.25, -0.2) is 0 Å². The summed E-state index contributed by atoms with van der Waals surface area (Å²) in [5.41, 5.74) is 0.190. The fourth-order valence-electron chi connectivity index (χ4n) is 4.10. The predicted octanol–water partition coefficient (Wildman–Crippen LogP) is 3.86. The molecule has 0 radical (unpaired) electrons. The number of aliphatic hydroxyl groups is 1. The number of carboxylic acids is 2. The van der Waals surface area contributed by atoms with Crippen molar-refractivity contribution in [1.29, 1.82) is 0 Å². The van der Waals surface area contributed by atoms with E-state index in [0.29, 0.717) is 12.8 Å². The highest BCUT2D eigenvalue weighted by atomic mass is 16.4. The molecule has 3 atom stereocenters. The Morgan fingerprint density at radius 1 is 1.17 bits per heavy atom. The van der Waals surface area contributed by atoms with Gasteiger partial charge in [-0.2, -0.15) is 0 Å². The monoisotopic (exact) mass is 340 g/mol. The zero-order valence-electron chi connectivity index (χ0n) is 15.3. The van der Waals surface area contributed by atoms with Crippen LogP contribution in [0.25, 0.3) is 0 Å². The molecule has 0 bridgehead atoms. The highest BCUT2D eigenvalue weighted by Crippen LogP contribution is 2.54. The molecule has 1 fully saturated rings. The Morgan fingerprint density at radius 3 is 2.25 bits per heavy atom. The van der Waals surface area contributed by atoms with E-state index in [1.165, 1.54) is 0 Å². The maximum atomic E-state index is 11.0. The van der Waals surface area contributed by atoms with Gasteiger partial charge in [-0.05, 0) is 70.1 Å². The molecule has 24 heavy (non-hydrogen) atoms. The van der Waals surface area contributed by atoms with Crippen LogP contribution in [0.2, 0.25) is 0 Å². The van der Waals surface area contributed by atoms with Crippen molar-refractivity contribution < 1.29 is 24.9 Å². The fraction of sp³-hybridized carbons (Fsp3) is 0.789. The van der Waals surface area contributed by atoms with Crippen molar-refractivity contribution in [3.8, 4) is 0 Å². The van der Waals surface area contributed by atoms with Gasteiger partial charge < -0.3 is 15.3 Å². The number of hydrogen-bond acceptors (Lipinski definition) is 3. The normalized spacial score (nSPS) is 28.1. The van der Waals surface area contributed by atoms with Crippen LogP contribution in [0.15, 0.2) is 11.6 Å². The Hall–Kier alpha value is -1.36. The molecule has 0 amide bonds. The van der Waals surface area contributed by atoms with E-state index in [1.54, 1.807) is 0 Å². The summed E-state index contributed by atoms with van der Waals surface area (Å²) in [5.74, 6) is -1.35. The number of rotatable bonds is 9. The average molecular weight is 340 g/mol. The molecule has 3 N–H and O–H groups in total.